The zero-order chi connectivity index (χ0) is 9.76. The monoisotopic (exact) mass is 164 g/mol. The van der Waals surface area contributed by atoms with Crippen LogP contribution in [0, 0.1) is 29.1 Å². The summed E-state index contributed by atoms with van der Waals surface area (Å²) < 4.78 is 15.1. The maximum Gasteiger partial charge on any atom is 0.0236 e. The molecule has 66 valence electrons. The van der Waals surface area contributed by atoms with E-state index in [-0.39, 0.29) is 5.41 Å². The van der Waals surface area contributed by atoms with Gasteiger partial charge < -0.3 is 0 Å². The summed E-state index contributed by atoms with van der Waals surface area (Å²) in [6.07, 6.45) is 8.36. The fourth-order valence-electron chi connectivity index (χ4n) is 3.82. The average molecular weight is 164 g/mol. The van der Waals surface area contributed by atoms with Crippen molar-refractivity contribution in [1.29, 1.82) is 0 Å². The summed E-state index contributed by atoms with van der Waals surface area (Å²) in [5.74, 6) is 3.29. The van der Waals surface area contributed by atoms with Crippen molar-refractivity contribution < 1.29 is 2.74 Å². The summed E-state index contributed by atoms with van der Waals surface area (Å²) in [6.45, 7) is 1.08. The van der Waals surface area contributed by atoms with E-state index in [1.165, 1.54) is 12.8 Å². The minimum Gasteiger partial charge on any atom is -0.0848 e. The van der Waals surface area contributed by atoms with Crippen LogP contribution in [0.25, 0.3) is 0 Å². The minimum absolute atomic E-state index is 0.247. The molecule has 0 aromatic carbocycles. The third-order valence-corrected chi connectivity index (χ3v) is 4.47. The summed E-state index contributed by atoms with van der Waals surface area (Å²) in [5, 5.41) is 0. The van der Waals surface area contributed by atoms with E-state index in [4.69, 9.17) is 2.74 Å². The predicted octanol–water partition coefficient (Wildman–Crippen LogP) is 3.24. The van der Waals surface area contributed by atoms with Gasteiger partial charge in [-0.3, -0.25) is 0 Å². The van der Waals surface area contributed by atoms with Crippen LogP contribution >= 0.6 is 0 Å². The summed E-state index contributed by atoms with van der Waals surface area (Å²) in [5.41, 5.74) is 0.247. The number of hydrogen-bond donors (Lipinski definition) is 0. The summed E-state index contributed by atoms with van der Waals surface area (Å²) in [6, 6.07) is 0. The fourth-order valence-corrected chi connectivity index (χ4v) is 3.82. The van der Waals surface area contributed by atoms with Crippen LogP contribution in [0.5, 0.6) is 0 Å². The number of fused-ring (bicyclic) bond motifs is 5. The van der Waals surface area contributed by atoms with Crippen molar-refractivity contribution in [3.8, 4) is 0 Å². The van der Waals surface area contributed by atoms with E-state index >= 15 is 0 Å². The first-order valence-corrected chi connectivity index (χ1v) is 5.07. The fraction of sp³-hybridized carbons (Fsp3) is 0.833. The Morgan fingerprint density at radius 3 is 3.17 bits per heavy atom. The molecule has 3 rings (SSSR count). The molecule has 2 bridgehead atoms. The molecule has 0 nitrogen and oxygen atoms in total. The SMILES string of the molecule is [2H]CCC1(C[2H])CC2C3C=CC(C3)C21. The molecule has 5 atom stereocenters. The van der Waals surface area contributed by atoms with Gasteiger partial charge in [-0.05, 0) is 41.9 Å². The molecule has 5 unspecified atom stereocenters. The Morgan fingerprint density at radius 1 is 1.50 bits per heavy atom. The summed E-state index contributed by atoms with van der Waals surface area (Å²) in [7, 11) is 0. The molecule has 0 N–H and O–H groups in total. The highest BCUT2D eigenvalue weighted by Gasteiger charge is 2.59. The van der Waals surface area contributed by atoms with Crippen molar-refractivity contribution in [2.75, 3.05) is 0 Å². The van der Waals surface area contributed by atoms with Gasteiger partial charge >= 0.3 is 0 Å². The zero-order valence-corrected chi connectivity index (χ0v) is 7.50. The van der Waals surface area contributed by atoms with Crippen LogP contribution in [0.1, 0.15) is 35.8 Å². The molecule has 12 heavy (non-hydrogen) atoms. The van der Waals surface area contributed by atoms with Crippen LogP contribution in [0.3, 0.4) is 0 Å². The second-order valence-electron chi connectivity index (χ2n) is 4.95. The van der Waals surface area contributed by atoms with Crippen LogP contribution in [-0.4, -0.2) is 0 Å². The Bertz CT molecular complexity index is 273. The van der Waals surface area contributed by atoms with Gasteiger partial charge in [-0.2, -0.15) is 0 Å². The second kappa shape index (κ2) is 1.97. The molecule has 0 aliphatic heterocycles. The van der Waals surface area contributed by atoms with E-state index < -0.39 is 0 Å². The van der Waals surface area contributed by atoms with Gasteiger partial charge in [0.1, 0.15) is 0 Å². The third kappa shape index (κ3) is 0.616. The van der Waals surface area contributed by atoms with Crippen molar-refractivity contribution in [3.63, 3.8) is 0 Å². The maximum atomic E-state index is 7.74. The maximum absolute atomic E-state index is 7.74. The Kier molecular flexibility index (Phi) is 0.897. The molecule has 2 fully saturated rings. The Hall–Kier alpha value is -0.260. The van der Waals surface area contributed by atoms with E-state index in [2.05, 4.69) is 12.2 Å². The van der Waals surface area contributed by atoms with E-state index in [0.717, 1.165) is 30.1 Å². The van der Waals surface area contributed by atoms with Crippen LogP contribution in [0.2, 0.25) is 0 Å². The van der Waals surface area contributed by atoms with Crippen molar-refractivity contribution in [1.82, 2.24) is 0 Å². The first-order valence-electron chi connectivity index (χ1n) is 6.49. The molecule has 0 aromatic rings. The van der Waals surface area contributed by atoms with Gasteiger partial charge in [0.15, 0.2) is 0 Å². The van der Waals surface area contributed by atoms with Gasteiger partial charge in [0.25, 0.3) is 0 Å². The molecule has 2 saturated carbocycles. The van der Waals surface area contributed by atoms with Crippen LogP contribution in [0.4, 0.5) is 0 Å². The largest absolute Gasteiger partial charge is 0.0848 e. The highest BCUT2D eigenvalue weighted by Crippen LogP contribution is 2.67. The van der Waals surface area contributed by atoms with Gasteiger partial charge in [-0.25, -0.2) is 0 Å². The predicted molar refractivity (Wildman–Crippen MR) is 50.7 cm³/mol. The quantitative estimate of drug-likeness (QED) is 0.522. The van der Waals surface area contributed by atoms with Gasteiger partial charge in [0, 0.05) is 2.74 Å². The standard InChI is InChI=1S/C12H18/c1-3-12(2)7-10-8-4-5-9(6-8)11(10)12/h4-5,8-11H,3,6-7H2,1-2H3/i1D,2D. The van der Waals surface area contributed by atoms with Crippen molar-refractivity contribution in [2.24, 2.45) is 29.1 Å². The molecular formula is C12H18. The van der Waals surface area contributed by atoms with Crippen molar-refractivity contribution in [2.45, 2.75) is 33.1 Å². The van der Waals surface area contributed by atoms with E-state index in [9.17, 15) is 0 Å². The first-order chi connectivity index (χ1) is 6.80. The summed E-state index contributed by atoms with van der Waals surface area (Å²) >= 11 is 0. The van der Waals surface area contributed by atoms with E-state index in [1.54, 1.807) is 0 Å². The molecule has 0 spiro atoms. The highest BCUT2D eigenvalue weighted by atomic mass is 14.6. The first kappa shape index (κ1) is 5.47. The van der Waals surface area contributed by atoms with Crippen LogP contribution in [-0.2, 0) is 0 Å². The smallest absolute Gasteiger partial charge is 0.0236 e. The molecule has 0 heterocycles. The average Bonchev–Trinajstić information content (AvgIpc) is 2.69. The Balaban J connectivity index is 1.83. The van der Waals surface area contributed by atoms with Crippen molar-refractivity contribution >= 4 is 0 Å². The van der Waals surface area contributed by atoms with Gasteiger partial charge in [0.2, 0.25) is 0 Å². The topological polar surface area (TPSA) is 0 Å². The molecule has 0 radical (unpaired) electrons. The molecule has 3 aliphatic rings. The number of allylic oxidation sites excluding steroid dienone is 2. The minimum atomic E-state index is 0.247. The lowest BCUT2D eigenvalue weighted by Crippen LogP contribution is -2.47. The lowest BCUT2D eigenvalue weighted by atomic mass is 9.50. The molecule has 0 saturated heterocycles. The Morgan fingerprint density at radius 2 is 2.42 bits per heavy atom. The lowest BCUT2D eigenvalue weighted by Gasteiger charge is -2.54. The zero-order valence-electron chi connectivity index (χ0n) is 9.50. The Labute approximate surface area is 77.9 Å². The third-order valence-electron chi connectivity index (χ3n) is 4.47. The molecule has 0 aromatic heterocycles. The lowest BCUT2D eigenvalue weighted by molar-refractivity contribution is -0.0380. The molecular weight excluding hydrogens is 144 g/mol. The second-order valence-corrected chi connectivity index (χ2v) is 4.95. The number of rotatable bonds is 1. The number of hydrogen-bond acceptors (Lipinski definition) is 0. The summed E-state index contributed by atoms with van der Waals surface area (Å²) in [4.78, 5) is 0. The normalized spacial score (nSPS) is 62.3. The van der Waals surface area contributed by atoms with Crippen LogP contribution in [0.15, 0.2) is 12.2 Å². The molecule has 0 amide bonds. The molecule has 0 heteroatoms. The van der Waals surface area contributed by atoms with Gasteiger partial charge in [0.05, 0.1) is 0 Å². The van der Waals surface area contributed by atoms with Crippen molar-refractivity contribution in [3.05, 3.63) is 12.2 Å². The highest BCUT2D eigenvalue weighted by molar-refractivity contribution is 5.21. The van der Waals surface area contributed by atoms with Gasteiger partial charge in [-0.1, -0.05) is 32.4 Å². The van der Waals surface area contributed by atoms with E-state index in [0.29, 0.717) is 13.8 Å². The van der Waals surface area contributed by atoms with E-state index in [1.807, 2.05) is 0 Å². The molecule has 3 aliphatic carbocycles. The van der Waals surface area contributed by atoms with Gasteiger partial charge in [-0.15, -0.1) is 0 Å². The van der Waals surface area contributed by atoms with Crippen LogP contribution < -0.4 is 0 Å².